The molecule has 0 unspecified atom stereocenters. The first kappa shape index (κ1) is 9.59. The van der Waals surface area contributed by atoms with Gasteiger partial charge in [-0.3, -0.25) is 4.98 Å². The first-order valence-corrected chi connectivity index (χ1v) is 4.69. The lowest BCUT2D eigenvalue weighted by Crippen LogP contribution is -1.77. The Bertz CT molecular complexity index is 446. The largest absolute Gasteiger partial charge is 0.257 e. The molecular weight excluding hydrogens is 189 g/mol. The van der Waals surface area contributed by atoms with Gasteiger partial charge < -0.3 is 0 Å². The molecule has 2 aromatic rings. The Morgan fingerprint density at radius 2 is 1.73 bits per heavy atom. The molecule has 74 valence electrons. The van der Waals surface area contributed by atoms with Crippen LogP contribution in [-0.4, -0.2) is 4.98 Å². The van der Waals surface area contributed by atoms with Gasteiger partial charge in [-0.2, -0.15) is 0 Å². The van der Waals surface area contributed by atoms with Crippen molar-refractivity contribution in [3.05, 3.63) is 65.7 Å². The Labute approximate surface area is 87.9 Å². The van der Waals surface area contributed by atoms with Crippen molar-refractivity contribution in [3.8, 4) is 0 Å². The minimum absolute atomic E-state index is 0.218. The monoisotopic (exact) mass is 199 g/mol. The van der Waals surface area contributed by atoms with Crippen molar-refractivity contribution in [1.82, 2.24) is 4.98 Å². The van der Waals surface area contributed by atoms with Crippen LogP contribution >= 0.6 is 0 Å². The minimum atomic E-state index is -0.218. The van der Waals surface area contributed by atoms with Crippen molar-refractivity contribution in [3.63, 3.8) is 0 Å². The molecule has 0 bridgehead atoms. The van der Waals surface area contributed by atoms with Gasteiger partial charge in [0.05, 0.1) is 5.69 Å². The summed E-state index contributed by atoms with van der Waals surface area (Å²) in [6.45, 7) is 0. The topological polar surface area (TPSA) is 12.9 Å². The van der Waals surface area contributed by atoms with Gasteiger partial charge in [-0.15, -0.1) is 0 Å². The molecule has 0 saturated carbocycles. The summed E-state index contributed by atoms with van der Waals surface area (Å²) >= 11 is 0. The van der Waals surface area contributed by atoms with E-state index in [0.29, 0.717) is 0 Å². The average Bonchev–Trinajstić information content (AvgIpc) is 2.30. The van der Waals surface area contributed by atoms with Crippen molar-refractivity contribution in [2.75, 3.05) is 0 Å². The third-order valence-corrected chi connectivity index (χ3v) is 2.00. The zero-order valence-electron chi connectivity index (χ0n) is 8.10. The maximum absolute atomic E-state index is 12.6. The van der Waals surface area contributed by atoms with E-state index in [1.165, 1.54) is 12.1 Å². The van der Waals surface area contributed by atoms with Gasteiger partial charge in [0.2, 0.25) is 0 Å². The van der Waals surface area contributed by atoms with E-state index >= 15 is 0 Å². The van der Waals surface area contributed by atoms with Gasteiger partial charge in [0.25, 0.3) is 0 Å². The molecule has 0 aliphatic rings. The zero-order chi connectivity index (χ0) is 10.5. The Morgan fingerprint density at radius 3 is 2.40 bits per heavy atom. The average molecular weight is 199 g/mol. The quantitative estimate of drug-likeness (QED) is 0.722. The highest BCUT2D eigenvalue weighted by Gasteiger charge is 1.89. The van der Waals surface area contributed by atoms with Crippen LogP contribution in [-0.2, 0) is 0 Å². The van der Waals surface area contributed by atoms with Crippen molar-refractivity contribution < 1.29 is 4.39 Å². The van der Waals surface area contributed by atoms with Crippen molar-refractivity contribution in [2.45, 2.75) is 0 Å². The Morgan fingerprint density at radius 1 is 0.933 bits per heavy atom. The van der Waals surface area contributed by atoms with E-state index in [0.717, 1.165) is 11.3 Å². The van der Waals surface area contributed by atoms with Crippen LogP contribution in [0.15, 0.2) is 48.7 Å². The Balaban J connectivity index is 2.15. The minimum Gasteiger partial charge on any atom is -0.257 e. The number of nitrogens with zero attached hydrogens (tertiary/aromatic N) is 1. The van der Waals surface area contributed by atoms with Gasteiger partial charge in [0.1, 0.15) is 5.82 Å². The van der Waals surface area contributed by atoms with Crippen LogP contribution in [0, 0.1) is 5.82 Å². The molecule has 0 spiro atoms. The number of benzene rings is 1. The van der Waals surface area contributed by atoms with E-state index in [-0.39, 0.29) is 5.82 Å². The van der Waals surface area contributed by atoms with Crippen molar-refractivity contribution >= 4 is 12.2 Å². The second kappa shape index (κ2) is 4.51. The van der Waals surface area contributed by atoms with Crippen LogP contribution in [0.25, 0.3) is 12.2 Å². The van der Waals surface area contributed by atoms with Crippen LogP contribution < -0.4 is 0 Å². The smallest absolute Gasteiger partial charge is 0.123 e. The number of hydrogen-bond acceptors (Lipinski definition) is 1. The van der Waals surface area contributed by atoms with Gasteiger partial charge in [-0.25, -0.2) is 4.39 Å². The third-order valence-electron chi connectivity index (χ3n) is 2.00. The molecule has 2 rings (SSSR count). The fourth-order valence-corrected chi connectivity index (χ4v) is 1.23. The summed E-state index contributed by atoms with van der Waals surface area (Å²) in [6.07, 6.45) is 5.54. The van der Waals surface area contributed by atoms with E-state index in [2.05, 4.69) is 4.98 Å². The molecular formula is C13H10FN. The molecule has 0 radical (unpaired) electrons. The zero-order valence-corrected chi connectivity index (χ0v) is 8.10. The lowest BCUT2D eigenvalue weighted by Gasteiger charge is -1.93. The maximum Gasteiger partial charge on any atom is 0.123 e. The second-order valence-electron chi connectivity index (χ2n) is 3.14. The molecule has 1 nitrogen and oxygen atoms in total. The van der Waals surface area contributed by atoms with E-state index in [1.54, 1.807) is 18.3 Å². The summed E-state index contributed by atoms with van der Waals surface area (Å²) in [5.41, 5.74) is 1.85. The van der Waals surface area contributed by atoms with Gasteiger partial charge >= 0.3 is 0 Å². The van der Waals surface area contributed by atoms with Crippen molar-refractivity contribution in [1.29, 1.82) is 0 Å². The number of hydrogen-bond donors (Lipinski definition) is 0. The van der Waals surface area contributed by atoms with Gasteiger partial charge in [-0.1, -0.05) is 24.3 Å². The molecule has 1 aromatic heterocycles. The highest BCUT2D eigenvalue weighted by Crippen LogP contribution is 2.07. The van der Waals surface area contributed by atoms with Crippen molar-refractivity contribution in [2.24, 2.45) is 0 Å². The molecule has 1 heterocycles. The van der Waals surface area contributed by atoms with Crippen LogP contribution in [0.4, 0.5) is 4.39 Å². The van der Waals surface area contributed by atoms with E-state index < -0.39 is 0 Å². The molecule has 15 heavy (non-hydrogen) atoms. The third kappa shape index (κ3) is 2.74. The fraction of sp³-hybridized carbons (Fsp3) is 0. The SMILES string of the molecule is Fc1ccc(/C=C/c2ccccn2)cc1. The molecule has 1 aromatic carbocycles. The van der Waals surface area contributed by atoms with Crippen LogP contribution in [0.2, 0.25) is 0 Å². The molecule has 0 amide bonds. The van der Waals surface area contributed by atoms with E-state index in [9.17, 15) is 4.39 Å². The fourth-order valence-electron chi connectivity index (χ4n) is 1.23. The number of pyridine rings is 1. The van der Waals surface area contributed by atoms with Gasteiger partial charge in [0.15, 0.2) is 0 Å². The first-order valence-electron chi connectivity index (χ1n) is 4.69. The predicted octanol–water partition coefficient (Wildman–Crippen LogP) is 3.39. The first-order chi connectivity index (χ1) is 7.34. The molecule has 0 fully saturated rings. The Hall–Kier alpha value is -1.96. The molecule has 0 saturated heterocycles. The predicted molar refractivity (Wildman–Crippen MR) is 59.6 cm³/mol. The maximum atomic E-state index is 12.6. The molecule has 0 aliphatic heterocycles. The number of aromatic nitrogens is 1. The molecule has 0 N–H and O–H groups in total. The summed E-state index contributed by atoms with van der Waals surface area (Å²) in [5, 5.41) is 0. The highest BCUT2D eigenvalue weighted by atomic mass is 19.1. The molecule has 0 aliphatic carbocycles. The summed E-state index contributed by atoms with van der Waals surface area (Å²) in [5.74, 6) is -0.218. The number of rotatable bonds is 2. The lowest BCUT2D eigenvalue weighted by molar-refractivity contribution is 0.628. The summed E-state index contributed by atoms with van der Waals surface area (Å²) in [6, 6.07) is 12.1. The summed E-state index contributed by atoms with van der Waals surface area (Å²) in [4.78, 5) is 4.15. The summed E-state index contributed by atoms with van der Waals surface area (Å²) < 4.78 is 12.6. The normalized spacial score (nSPS) is 10.7. The molecule has 0 atom stereocenters. The van der Waals surface area contributed by atoms with Gasteiger partial charge in [0, 0.05) is 6.20 Å². The highest BCUT2D eigenvalue weighted by molar-refractivity contribution is 5.67. The Kier molecular flexibility index (Phi) is 2.88. The molecule has 2 heteroatoms. The van der Waals surface area contributed by atoms with Gasteiger partial charge in [-0.05, 0) is 35.9 Å². The number of halogens is 1. The second-order valence-corrected chi connectivity index (χ2v) is 3.14. The lowest BCUT2D eigenvalue weighted by atomic mass is 10.2. The summed E-state index contributed by atoms with van der Waals surface area (Å²) in [7, 11) is 0. The van der Waals surface area contributed by atoms with E-state index in [4.69, 9.17) is 0 Å². The van der Waals surface area contributed by atoms with Crippen LogP contribution in [0.1, 0.15) is 11.3 Å². The standard InChI is InChI=1S/C13H10FN/c14-12-7-4-11(5-8-12)6-9-13-3-1-2-10-15-13/h1-10H/b9-6+. The van der Waals surface area contributed by atoms with E-state index in [1.807, 2.05) is 30.4 Å². The van der Waals surface area contributed by atoms with Crippen LogP contribution in [0.3, 0.4) is 0 Å². The van der Waals surface area contributed by atoms with Crippen LogP contribution in [0.5, 0.6) is 0 Å².